The van der Waals surface area contributed by atoms with E-state index >= 15 is 0 Å². The third kappa shape index (κ3) is 2.47. The van der Waals surface area contributed by atoms with Gasteiger partial charge in [-0.05, 0) is 28.4 Å². The van der Waals surface area contributed by atoms with Crippen LogP contribution in [0.5, 0.6) is 0 Å². The molecule has 1 aromatic rings. The first kappa shape index (κ1) is 13.9. The first-order valence-electron chi connectivity index (χ1n) is 5.70. The molecule has 2 rings (SSSR count). The smallest absolute Gasteiger partial charge is 0.247 e. The summed E-state index contributed by atoms with van der Waals surface area (Å²) in [4.78, 5) is 24.6. The lowest BCUT2D eigenvalue weighted by atomic mass is 10.1. The predicted molar refractivity (Wildman–Crippen MR) is 68.6 cm³/mol. The van der Waals surface area contributed by atoms with E-state index in [2.05, 4.69) is 21.2 Å². The summed E-state index contributed by atoms with van der Waals surface area (Å²) in [6, 6.07) is 1.03. The van der Waals surface area contributed by atoms with Crippen molar-refractivity contribution in [2.24, 2.45) is 0 Å². The Kier molecular flexibility index (Phi) is 3.84. The summed E-state index contributed by atoms with van der Waals surface area (Å²) in [5.41, 5.74) is -0.215. The topological polar surface area (TPSA) is 49.4 Å². The van der Waals surface area contributed by atoms with E-state index < -0.39 is 23.6 Å². The molecule has 1 heterocycles. The maximum atomic E-state index is 13.9. The normalized spacial score (nSPS) is 19.6. The minimum atomic E-state index is -0.823. The molecule has 4 nitrogen and oxygen atoms in total. The number of nitrogens with zero attached hydrogens (tertiary/aromatic N) is 1. The first-order valence-corrected chi connectivity index (χ1v) is 6.49. The van der Waals surface area contributed by atoms with Crippen LogP contribution in [0.3, 0.4) is 0 Å². The maximum Gasteiger partial charge on any atom is 0.247 e. The molecule has 1 aliphatic heterocycles. The van der Waals surface area contributed by atoms with Gasteiger partial charge in [-0.3, -0.25) is 14.5 Å². The van der Waals surface area contributed by atoms with E-state index in [-0.39, 0.29) is 22.6 Å². The van der Waals surface area contributed by atoms with Gasteiger partial charge < -0.3 is 5.32 Å². The van der Waals surface area contributed by atoms with Crippen LogP contribution in [0.2, 0.25) is 0 Å². The average Bonchev–Trinajstić information content (AvgIpc) is 2.36. The third-order valence-electron chi connectivity index (χ3n) is 2.93. The lowest BCUT2D eigenvalue weighted by Crippen LogP contribution is -2.58. The highest BCUT2D eigenvalue weighted by Gasteiger charge is 2.35. The number of hydrogen-bond donors (Lipinski definition) is 1. The Labute approximate surface area is 116 Å². The molecule has 2 amide bonds. The number of nitrogens with one attached hydrogen (secondary N) is 1. The summed E-state index contributed by atoms with van der Waals surface area (Å²) in [5.74, 6) is -2.28. The van der Waals surface area contributed by atoms with Gasteiger partial charge in [-0.15, -0.1) is 0 Å². The van der Waals surface area contributed by atoms with Crippen molar-refractivity contribution in [1.29, 1.82) is 0 Å². The highest BCUT2D eigenvalue weighted by molar-refractivity contribution is 9.10. The second-order valence-electron chi connectivity index (χ2n) is 4.12. The Morgan fingerprint density at radius 3 is 2.68 bits per heavy atom. The Bertz CT molecular complexity index is 551. The molecule has 0 radical (unpaired) electrons. The molecule has 1 aliphatic rings. The number of amides is 2. The lowest BCUT2D eigenvalue weighted by molar-refractivity contribution is -0.131. The third-order valence-corrected chi connectivity index (χ3v) is 3.54. The van der Waals surface area contributed by atoms with Crippen LogP contribution in [0.1, 0.15) is 13.3 Å². The number of rotatable bonds is 2. The summed E-state index contributed by atoms with van der Waals surface area (Å²) in [6.45, 7) is 1.48. The van der Waals surface area contributed by atoms with Gasteiger partial charge in [0.1, 0.15) is 17.7 Å². The maximum absolute atomic E-state index is 13.9. The number of piperazine rings is 1. The summed E-state index contributed by atoms with van der Waals surface area (Å²) in [5, 5.41) is 2.42. The molecule has 1 unspecified atom stereocenters. The van der Waals surface area contributed by atoms with E-state index in [4.69, 9.17) is 0 Å². The Balaban J connectivity index is 2.51. The van der Waals surface area contributed by atoms with Crippen LogP contribution in [0, 0.1) is 11.6 Å². The summed E-state index contributed by atoms with van der Waals surface area (Å²) in [6.07, 6.45) is 0.314. The zero-order chi connectivity index (χ0) is 14.2. The Morgan fingerprint density at radius 1 is 1.37 bits per heavy atom. The predicted octanol–water partition coefficient (Wildman–Crippen LogP) is 1.97. The fourth-order valence-electron chi connectivity index (χ4n) is 2.02. The Hall–Kier alpha value is -1.50. The number of carbonyl (C=O) groups excluding carboxylic acids is 2. The molecular formula is C12H11BrF2N2O2. The van der Waals surface area contributed by atoms with Gasteiger partial charge in [0.2, 0.25) is 11.8 Å². The molecule has 7 heteroatoms. The highest BCUT2D eigenvalue weighted by atomic mass is 79.9. The van der Waals surface area contributed by atoms with Crippen molar-refractivity contribution in [2.75, 3.05) is 11.4 Å². The zero-order valence-electron chi connectivity index (χ0n) is 10.0. The van der Waals surface area contributed by atoms with Gasteiger partial charge in [0.25, 0.3) is 0 Å². The fraction of sp³-hybridized carbons (Fsp3) is 0.333. The summed E-state index contributed by atoms with van der Waals surface area (Å²) >= 11 is 2.87. The average molecular weight is 333 g/mol. The van der Waals surface area contributed by atoms with Crippen LogP contribution < -0.4 is 10.2 Å². The molecule has 19 heavy (non-hydrogen) atoms. The van der Waals surface area contributed by atoms with E-state index in [0.29, 0.717) is 6.42 Å². The molecular weight excluding hydrogens is 322 g/mol. The van der Waals surface area contributed by atoms with Crippen molar-refractivity contribution in [1.82, 2.24) is 5.32 Å². The van der Waals surface area contributed by atoms with Gasteiger partial charge in [0.15, 0.2) is 0 Å². The molecule has 0 aliphatic carbocycles. The molecule has 1 saturated heterocycles. The van der Waals surface area contributed by atoms with Crippen LogP contribution in [0.4, 0.5) is 14.5 Å². The van der Waals surface area contributed by atoms with Gasteiger partial charge in [-0.25, -0.2) is 8.78 Å². The summed E-state index contributed by atoms with van der Waals surface area (Å²) < 4.78 is 27.4. The molecule has 0 bridgehead atoms. The van der Waals surface area contributed by atoms with Crippen molar-refractivity contribution in [3.8, 4) is 0 Å². The highest BCUT2D eigenvalue weighted by Crippen LogP contribution is 2.29. The molecule has 1 N–H and O–H groups in total. The van der Waals surface area contributed by atoms with E-state index in [1.54, 1.807) is 6.92 Å². The fourth-order valence-corrected chi connectivity index (χ4v) is 2.34. The van der Waals surface area contributed by atoms with Crippen LogP contribution in [-0.2, 0) is 9.59 Å². The minimum absolute atomic E-state index is 0.0318. The molecule has 1 aromatic carbocycles. The van der Waals surface area contributed by atoms with Crippen molar-refractivity contribution in [3.63, 3.8) is 0 Å². The second-order valence-corrected chi connectivity index (χ2v) is 4.98. The van der Waals surface area contributed by atoms with E-state index in [1.807, 2.05) is 0 Å². The molecule has 0 aromatic heterocycles. The van der Waals surface area contributed by atoms with Crippen LogP contribution in [0.15, 0.2) is 16.6 Å². The Morgan fingerprint density at radius 2 is 2.05 bits per heavy atom. The van der Waals surface area contributed by atoms with Gasteiger partial charge in [0.05, 0.1) is 16.7 Å². The van der Waals surface area contributed by atoms with Gasteiger partial charge in [0, 0.05) is 6.07 Å². The number of hydrogen-bond acceptors (Lipinski definition) is 2. The molecule has 0 spiro atoms. The number of halogens is 3. The lowest BCUT2D eigenvalue weighted by Gasteiger charge is -2.34. The molecule has 102 valence electrons. The van der Waals surface area contributed by atoms with Crippen LogP contribution >= 0.6 is 15.9 Å². The number of carbonyl (C=O) groups is 2. The number of benzene rings is 1. The van der Waals surface area contributed by atoms with Gasteiger partial charge in [-0.1, -0.05) is 6.92 Å². The zero-order valence-corrected chi connectivity index (χ0v) is 11.6. The van der Waals surface area contributed by atoms with Crippen molar-refractivity contribution < 1.29 is 18.4 Å². The van der Waals surface area contributed by atoms with Crippen molar-refractivity contribution in [2.45, 2.75) is 19.4 Å². The molecule has 1 atom stereocenters. The van der Waals surface area contributed by atoms with Crippen molar-refractivity contribution >= 4 is 33.4 Å². The largest absolute Gasteiger partial charge is 0.345 e. The van der Waals surface area contributed by atoms with Gasteiger partial charge in [-0.2, -0.15) is 0 Å². The van der Waals surface area contributed by atoms with E-state index in [9.17, 15) is 18.4 Å². The number of anilines is 1. The molecule has 0 saturated carbocycles. The van der Waals surface area contributed by atoms with Crippen molar-refractivity contribution in [3.05, 3.63) is 28.2 Å². The molecule has 1 fully saturated rings. The van der Waals surface area contributed by atoms with Gasteiger partial charge >= 0.3 is 0 Å². The SMILES string of the molecule is CCC1C(=O)NCC(=O)N1c1cc(F)c(Br)cc1F. The second kappa shape index (κ2) is 5.24. The van der Waals surface area contributed by atoms with E-state index in [0.717, 1.165) is 17.0 Å². The van der Waals surface area contributed by atoms with E-state index in [1.165, 1.54) is 0 Å². The quantitative estimate of drug-likeness (QED) is 0.842. The monoisotopic (exact) mass is 332 g/mol. The van der Waals surface area contributed by atoms with Crippen LogP contribution in [-0.4, -0.2) is 24.4 Å². The first-order chi connectivity index (χ1) is 8.95. The van der Waals surface area contributed by atoms with Crippen LogP contribution in [0.25, 0.3) is 0 Å². The minimum Gasteiger partial charge on any atom is -0.345 e. The summed E-state index contributed by atoms with van der Waals surface area (Å²) in [7, 11) is 0. The standard InChI is InChI=1S/C12H11BrF2N2O2/c1-2-9-12(19)16-5-11(18)17(9)10-4-7(14)6(13)3-8(10)15/h3-4,9H,2,5H2,1H3,(H,16,19).